The zero-order valence-electron chi connectivity index (χ0n) is 10.7. The molecule has 2 aromatic rings. The van der Waals surface area contributed by atoms with Crippen molar-refractivity contribution >= 4 is 5.82 Å². The number of hydrogen-bond donors (Lipinski definition) is 1. The SMILES string of the molecule is Cc1nc([N+](=O)[O-])c(Oc2cccc(CN)c2)n1C. The summed E-state index contributed by atoms with van der Waals surface area (Å²) in [6.07, 6.45) is 0. The Hall–Kier alpha value is -2.41. The largest absolute Gasteiger partial charge is 0.434 e. The highest BCUT2D eigenvalue weighted by molar-refractivity contribution is 5.40. The number of nitrogens with zero attached hydrogens (tertiary/aromatic N) is 3. The summed E-state index contributed by atoms with van der Waals surface area (Å²) >= 11 is 0. The van der Waals surface area contributed by atoms with Crippen LogP contribution in [0.25, 0.3) is 0 Å². The molecule has 19 heavy (non-hydrogen) atoms. The summed E-state index contributed by atoms with van der Waals surface area (Å²) in [4.78, 5) is 14.2. The molecule has 1 heterocycles. The molecule has 0 aliphatic rings. The number of nitro groups is 1. The predicted molar refractivity (Wildman–Crippen MR) is 69.0 cm³/mol. The van der Waals surface area contributed by atoms with Crippen LogP contribution in [0.4, 0.5) is 5.82 Å². The number of hydrogen-bond acceptors (Lipinski definition) is 5. The van der Waals surface area contributed by atoms with Gasteiger partial charge in [-0.25, -0.2) is 0 Å². The standard InChI is InChI=1S/C12H14N4O3/c1-8-14-11(16(17)18)12(15(8)2)19-10-5-3-4-9(6-10)7-13/h3-6H,7,13H2,1-2H3. The van der Waals surface area contributed by atoms with Crippen molar-refractivity contribution in [2.24, 2.45) is 12.8 Å². The van der Waals surface area contributed by atoms with Crippen molar-refractivity contribution in [1.82, 2.24) is 9.55 Å². The van der Waals surface area contributed by atoms with E-state index in [1.54, 1.807) is 32.2 Å². The summed E-state index contributed by atoms with van der Waals surface area (Å²) in [6, 6.07) is 7.10. The third-order valence-corrected chi connectivity index (χ3v) is 2.77. The highest BCUT2D eigenvalue weighted by atomic mass is 16.6. The molecular formula is C12H14N4O3. The second-order valence-electron chi connectivity index (χ2n) is 4.06. The first-order valence-electron chi connectivity index (χ1n) is 5.67. The van der Waals surface area contributed by atoms with Gasteiger partial charge in [-0.1, -0.05) is 12.1 Å². The van der Waals surface area contributed by atoms with Crippen LogP contribution >= 0.6 is 0 Å². The maximum atomic E-state index is 10.9. The highest BCUT2D eigenvalue weighted by Gasteiger charge is 2.25. The second-order valence-corrected chi connectivity index (χ2v) is 4.06. The fourth-order valence-corrected chi connectivity index (χ4v) is 1.65. The van der Waals surface area contributed by atoms with Crippen LogP contribution in [-0.4, -0.2) is 14.5 Å². The van der Waals surface area contributed by atoms with Crippen molar-refractivity contribution in [3.05, 3.63) is 45.8 Å². The first kappa shape index (κ1) is 13.0. The van der Waals surface area contributed by atoms with E-state index in [0.717, 1.165) is 5.56 Å². The molecule has 0 atom stereocenters. The first-order valence-corrected chi connectivity index (χ1v) is 5.67. The maximum Gasteiger partial charge on any atom is 0.427 e. The summed E-state index contributed by atoms with van der Waals surface area (Å²) in [5.74, 6) is 0.820. The molecule has 0 unspecified atom stereocenters. The number of imidazole rings is 1. The molecule has 0 saturated carbocycles. The molecule has 100 valence electrons. The summed E-state index contributed by atoms with van der Waals surface area (Å²) in [5, 5.41) is 10.9. The highest BCUT2D eigenvalue weighted by Crippen LogP contribution is 2.31. The Bertz CT molecular complexity index is 621. The number of rotatable bonds is 4. The van der Waals surface area contributed by atoms with E-state index >= 15 is 0 Å². The molecule has 1 aromatic carbocycles. The molecule has 1 aromatic heterocycles. The van der Waals surface area contributed by atoms with Gasteiger partial charge in [0, 0.05) is 20.5 Å². The molecular weight excluding hydrogens is 248 g/mol. The number of aromatic nitrogens is 2. The summed E-state index contributed by atoms with van der Waals surface area (Å²) in [5.41, 5.74) is 6.43. The molecule has 7 nitrogen and oxygen atoms in total. The number of ether oxygens (including phenoxy) is 1. The fraction of sp³-hybridized carbons (Fsp3) is 0.250. The van der Waals surface area contributed by atoms with Crippen molar-refractivity contribution < 1.29 is 9.66 Å². The Morgan fingerprint density at radius 1 is 1.53 bits per heavy atom. The monoisotopic (exact) mass is 262 g/mol. The minimum absolute atomic E-state index is 0.108. The van der Waals surface area contributed by atoms with E-state index in [-0.39, 0.29) is 11.7 Å². The molecule has 0 aliphatic heterocycles. The van der Waals surface area contributed by atoms with E-state index in [1.807, 2.05) is 6.07 Å². The van der Waals surface area contributed by atoms with Gasteiger partial charge in [0.15, 0.2) is 0 Å². The molecule has 2 N–H and O–H groups in total. The molecule has 0 radical (unpaired) electrons. The van der Waals surface area contributed by atoms with Gasteiger partial charge in [-0.15, -0.1) is 0 Å². The predicted octanol–water partition coefficient (Wildman–Crippen LogP) is 1.89. The third-order valence-electron chi connectivity index (χ3n) is 2.77. The van der Waals surface area contributed by atoms with Gasteiger partial charge in [0.25, 0.3) is 0 Å². The lowest BCUT2D eigenvalue weighted by atomic mass is 10.2. The normalized spacial score (nSPS) is 10.5. The number of aryl methyl sites for hydroxylation is 1. The lowest BCUT2D eigenvalue weighted by Crippen LogP contribution is -1.99. The third kappa shape index (κ3) is 2.55. The van der Waals surface area contributed by atoms with Crippen molar-refractivity contribution in [3.63, 3.8) is 0 Å². The molecule has 2 rings (SSSR count). The van der Waals surface area contributed by atoms with Crippen LogP contribution in [0.2, 0.25) is 0 Å². The second kappa shape index (κ2) is 5.07. The fourth-order valence-electron chi connectivity index (χ4n) is 1.65. The molecule has 0 bridgehead atoms. The van der Waals surface area contributed by atoms with E-state index < -0.39 is 4.92 Å². The van der Waals surface area contributed by atoms with Crippen molar-refractivity contribution in [3.8, 4) is 11.6 Å². The average Bonchev–Trinajstić information content (AvgIpc) is 2.67. The van der Waals surface area contributed by atoms with Crippen LogP contribution in [0.3, 0.4) is 0 Å². The number of nitrogens with two attached hydrogens (primary N) is 1. The molecule has 7 heteroatoms. The minimum atomic E-state index is -0.560. The Labute approximate surface area is 109 Å². The maximum absolute atomic E-state index is 10.9. The zero-order chi connectivity index (χ0) is 14.0. The van der Waals surface area contributed by atoms with E-state index in [1.165, 1.54) is 4.57 Å². The lowest BCUT2D eigenvalue weighted by molar-refractivity contribution is -0.390. The van der Waals surface area contributed by atoms with Crippen molar-refractivity contribution in [2.45, 2.75) is 13.5 Å². The quantitative estimate of drug-likeness (QED) is 0.670. The van der Waals surface area contributed by atoms with Gasteiger partial charge in [0.2, 0.25) is 5.82 Å². The molecule has 0 saturated heterocycles. The minimum Gasteiger partial charge on any atom is -0.434 e. The van der Waals surface area contributed by atoms with Gasteiger partial charge in [0.1, 0.15) is 5.75 Å². The van der Waals surface area contributed by atoms with Crippen molar-refractivity contribution in [1.29, 1.82) is 0 Å². The molecule has 0 aliphatic carbocycles. The van der Waals surface area contributed by atoms with Crippen LogP contribution in [-0.2, 0) is 13.6 Å². The Morgan fingerprint density at radius 2 is 2.26 bits per heavy atom. The average molecular weight is 262 g/mol. The van der Waals surface area contributed by atoms with E-state index in [9.17, 15) is 10.1 Å². The molecule has 0 fully saturated rings. The summed E-state index contributed by atoms with van der Waals surface area (Å²) in [6.45, 7) is 2.06. The Morgan fingerprint density at radius 3 is 2.89 bits per heavy atom. The summed E-state index contributed by atoms with van der Waals surface area (Å²) in [7, 11) is 1.66. The molecule has 0 spiro atoms. The zero-order valence-corrected chi connectivity index (χ0v) is 10.7. The van der Waals surface area contributed by atoms with Crippen LogP contribution in [0.1, 0.15) is 11.4 Å². The van der Waals surface area contributed by atoms with Crippen LogP contribution in [0.5, 0.6) is 11.6 Å². The van der Waals surface area contributed by atoms with Crippen LogP contribution < -0.4 is 10.5 Å². The van der Waals surface area contributed by atoms with Crippen LogP contribution in [0, 0.1) is 17.0 Å². The van der Waals surface area contributed by atoms with Gasteiger partial charge < -0.3 is 20.6 Å². The van der Waals surface area contributed by atoms with Crippen LogP contribution in [0.15, 0.2) is 24.3 Å². The number of benzene rings is 1. The van der Waals surface area contributed by atoms with Gasteiger partial charge in [-0.2, -0.15) is 0 Å². The van der Waals surface area contributed by atoms with Gasteiger partial charge in [-0.05, 0) is 27.6 Å². The van der Waals surface area contributed by atoms with E-state index in [4.69, 9.17) is 10.5 Å². The Balaban J connectivity index is 2.39. The van der Waals surface area contributed by atoms with E-state index in [2.05, 4.69) is 4.98 Å². The smallest absolute Gasteiger partial charge is 0.427 e. The van der Waals surface area contributed by atoms with Gasteiger partial charge >= 0.3 is 11.7 Å². The van der Waals surface area contributed by atoms with E-state index in [0.29, 0.717) is 18.1 Å². The first-order chi connectivity index (χ1) is 9.02. The summed E-state index contributed by atoms with van der Waals surface area (Å²) < 4.78 is 7.10. The lowest BCUT2D eigenvalue weighted by Gasteiger charge is -2.06. The molecule has 0 amide bonds. The topological polar surface area (TPSA) is 96.2 Å². The van der Waals surface area contributed by atoms with Gasteiger partial charge in [0.05, 0.1) is 0 Å². The van der Waals surface area contributed by atoms with Gasteiger partial charge in [-0.3, -0.25) is 4.57 Å². The van der Waals surface area contributed by atoms with Crippen molar-refractivity contribution in [2.75, 3.05) is 0 Å². The Kier molecular flexibility index (Phi) is 3.48.